The second-order valence-electron chi connectivity index (χ2n) is 3.92. The van der Waals surface area contributed by atoms with Crippen LogP contribution in [0.2, 0.25) is 0 Å². The Balaban J connectivity index is 2.34. The first-order valence-electron chi connectivity index (χ1n) is 5.43. The van der Waals surface area contributed by atoms with Gasteiger partial charge in [0.05, 0.1) is 10.7 Å². The van der Waals surface area contributed by atoms with Crippen molar-refractivity contribution in [2.45, 2.75) is 6.42 Å². The monoisotopic (exact) mass is 305 g/mol. The molecule has 2 N–H and O–H groups in total. The summed E-state index contributed by atoms with van der Waals surface area (Å²) in [6.07, 6.45) is 1.97. The van der Waals surface area contributed by atoms with Crippen LogP contribution >= 0.6 is 15.9 Å². The predicted molar refractivity (Wildman–Crippen MR) is 74.4 cm³/mol. The summed E-state index contributed by atoms with van der Waals surface area (Å²) < 4.78 is 0.589. The van der Waals surface area contributed by atoms with Crippen LogP contribution in [0.25, 0.3) is 0 Å². The number of rotatable bonds is 3. The van der Waals surface area contributed by atoms with Gasteiger partial charge in [0.15, 0.2) is 0 Å². The van der Waals surface area contributed by atoms with E-state index in [1.165, 1.54) is 11.8 Å². The molecule has 0 aliphatic heterocycles. The number of hydrogen-bond acceptors (Lipinski definition) is 3. The van der Waals surface area contributed by atoms with E-state index in [0.717, 1.165) is 12.0 Å². The van der Waals surface area contributed by atoms with E-state index in [1.54, 1.807) is 6.07 Å². The lowest BCUT2D eigenvalue weighted by Crippen LogP contribution is -1.92. The number of oxime groups is 1. The zero-order chi connectivity index (χ0) is 13.0. The molecule has 0 saturated heterocycles. The number of hydrogen-bond donors (Lipinski definition) is 2. The molecule has 0 bridgehead atoms. The maximum absolute atomic E-state index is 9.77. The van der Waals surface area contributed by atoms with Crippen LogP contribution in [-0.4, -0.2) is 16.5 Å². The summed E-state index contributed by atoms with van der Waals surface area (Å²) in [5.41, 5.74) is 2.69. The average molecular weight is 306 g/mol. The van der Waals surface area contributed by atoms with E-state index in [9.17, 15) is 5.11 Å². The van der Waals surface area contributed by atoms with Crippen molar-refractivity contribution in [3.63, 3.8) is 0 Å². The maximum atomic E-state index is 9.77. The van der Waals surface area contributed by atoms with Crippen LogP contribution in [0.15, 0.2) is 52.1 Å². The van der Waals surface area contributed by atoms with Crippen LogP contribution in [0, 0.1) is 0 Å². The lowest BCUT2D eigenvalue weighted by atomic mass is 10.0. The van der Waals surface area contributed by atoms with E-state index in [4.69, 9.17) is 5.21 Å². The van der Waals surface area contributed by atoms with Gasteiger partial charge in [0.25, 0.3) is 0 Å². The lowest BCUT2D eigenvalue weighted by Gasteiger charge is -2.07. The van der Waals surface area contributed by atoms with Gasteiger partial charge in [-0.2, -0.15) is 0 Å². The zero-order valence-electron chi connectivity index (χ0n) is 9.55. The van der Waals surface area contributed by atoms with E-state index in [1.807, 2.05) is 36.4 Å². The smallest absolute Gasteiger partial charge is 0.138 e. The van der Waals surface area contributed by atoms with Crippen LogP contribution in [0.5, 0.6) is 5.75 Å². The third-order valence-corrected chi connectivity index (χ3v) is 3.21. The Labute approximate surface area is 114 Å². The molecular formula is C14H12BrNO2. The van der Waals surface area contributed by atoms with Crippen molar-refractivity contribution in [1.29, 1.82) is 0 Å². The van der Waals surface area contributed by atoms with E-state index < -0.39 is 0 Å². The molecule has 2 aromatic carbocycles. The Kier molecular flexibility index (Phi) is 3.99. The third kappa shape index (κ3) is 2.90. The number of aromatic hydroxyl groups is 1. The lowest BCUT2D eigenvalue weighted by molar-refractivity contribution is 0.321. The zero-order valence-corrected chi connectivity index (χ0v) is 11.1. The number of phenolic OH excluding ortho intramolecular Hbond substituents is 1. The fraction of sp³-hybridized carbons (Fsp3) is 0.0714. The Hall–Kier alpha value is -1.81. The minimum atomic E-state index is 0.0737. The predicted octanol–water partition coefficient (Wildman–Crippen LogP) is 3.55. The minimum Gasteiger partial charge on any atom is -0.506 e. The molecule has 0 unspecified atom stereocenters. The molecule has 0 aliphatic carbocycles. The van der Waals surface area contributed by atoms with Crippen molar-refractivity contribution in [3.8, 4) is 5.75 Å². The molecule has 2 rings (SSSR count). The quantitative estimate of drug-likeness (QED) is 0.517. The largest absolute Gasteiger partial charge is 0.506 e. The molecule has 0 atom stereocenters. The first-order valence-corrected chi connectivity index (χ1v) is 6.22. The molecule has 18 heavy (non-hydrogen) atoms. The SMILES string of the molecule is O/N=C\c1cc(Cc2ccccc2)cc(Br)c1O. The normalized spacial score (nSPS) is 10.9. The Morgan fingerprint density at radius 3 is 2.50 bits per heavy atom. The number of benzene rings is 2. The molecule has 0 heterocycles. The number of nitrogens with zero attached hydrogens (tertiary/aromatic N) is 1. The van der Waals surface area contributed by atoms with Gasteiger partial charge >= 0.3 is 0 Å². The molecule has 92 valence electrons. The van der Waals surface area contributed by atoms with Crippen molar-refractivity contribution in [2.75, 3.05) is 0 Å². The van der Waals surface area contributed by atoms with Gasteiger partial charge in [-0.15, -0.1) is 0 Å². The van der Waals surface area contributed by atoms with Crippen LogP contribution < -0.4 is 0 Å². The van der Waals surface area contributed by atoms with Crippen molar-refractivity contribution < 1.29 is 10.3 Å². The highest BCUT2D eigenvalue weighted by Gasteiger charge is 2.07. The van der Waals surface area contributed by atoms with Gasteiger partial charge in [0.2, 0.25) is 0 Å². The molecule has 0 amide bonds. The van der Waals surface area contributed by atoms with Crippen molar-refractivity contribution in [2.24, 2.45) is 5.16 Å². The van der Waals surface area contributed by atoms with Crippen molar-refractivity contribution >= 4 is 22.1 Å². The summed E-state index contributed by atoms with van der Waals surface area (Å²) in [6.45, 7) is 0. The molecule has 4 heteroatoms. The second-order valence-corrected chi connectivity index (χ2v) is 4.78. The average Bonchev–Trinajstić information content (AvgIpc) is 2.37. The highest BCUT2D eigenvalue weighted by molar-refractivity contribution is 9.10. The summed E-state index contributed by atoms with van der Waals surface area (Å²) in [4.78, 5) is 0. The molecule has 2 aromatic rings. The topological polar surface area (TPSA) is 52.8 Å². The van der Waals surface area contributed by atoms with Gasteiger partial charge in [-0.05, 0) is 45.6 Å². The highest BCUT2D eigenvalue weighted by Crippen LogP contribution is 2.29. The van der Waals surface area contributed by atoms with Gasteiger partial charge in [0, 0.05) is 5.56 Å². The second kappa shape index (κ2) is 5.69. The summed E-state index contributed by atoms with van der Waals surface area (Å²) in [5.74, 6) is 0.0737. The summed E-state index contributed by atoms with van der Waals surface area (Å²) >= 11 is 3.29. The first-order chi connectivity index (χ1) is 8.70. The summed E-state index contributed by atoms with van der Waals surface area (Å²) in [6, 6.07) is 13.7. The van der Waals surface area contributed by atoms with Gasteiger partial charge in [-0.3, -0.25) is 0 Å². The van der Waals surface area contributed by atoms with E-state index in [2.05, 4.69) is 21.1 Å². The van der Waals surface area contributed by atoms with Crippen LogP contribution in [-0.2, 0) is 6.42 Å². The standard InChI is InChI=1S/C14H12BrNO2/c15-13-8-11(6-10-4-2-1-3-5-10)7-12(9-16-18)14(13)17/h1-5,7-9,17-18H,6H2/b16-9-. The van der Waals surface area contributed by atoms with E-state index in [-0.39, 0.29) is 5.75 Å². The van der Waals surface area contributed by atoms with Crippen molar-refractivity contribution in [3.05, 3.63) is 63.6 Å². The molecule has 0 spiro atoms. The van der Waals surface area contributed by atoms with Crippen LogP contribution in [0.1, 0.15) is 16.7 Å². The molecule has 0 saturated carbocycles. The summed E-state index contributed by atoms with van der Waals surface area (Å²) in [5, 5.41) is 21.3. The van der Waals surface area contributed by atoms with Gasteiger partial charge in [-0.25, -0.2) is 0 Å². The van der Waals surface area contributed by atoms with Crippen molar-refractivity contribution in [1.82, 2.24) is 0 Å². The molecule has 0 radical (unpaired) electrons. The number of halogens is 1. The van der Waals surface area contributed by atoms with Gasteiger partial charge in [0.1, 0.15) is 5.75 Å². The minimum absolute atomic E-state index is 0.0737. The van der Waals surface area contributed by atoms with E-state index in [0.29, 0.717) is 10.0 Å². The first kappa shape index (κ1) is 12.6. The molecular weight excluding hydrogens is 294 g/mol. The fourth-order valence-electron chi connectivity index (χ4n) is 1.77. The third-order valence-electron chi connectivity index (χ3n) is 2.60. The number of phenols is 1. The van der Waals surface area contributed by atoms with Gasteiger partial charge in [-0.1, -0.05) is 35.5 Å². The highest BCUT2D eigenvalue weighted by atomic mass is 79.9. The fourth-order valence-corrected chi connectivity index (χ4v) is 2.30. The molecule has 3 nitrogen and oxygen atoms in total. The Bertz CT molecular complexity index is 568. The molecule has 0 fully saturated rings. The van der Waals surface area contributed by atoms with Crippen LogP contribution in [0.3, 0.4) is 0 Å². The Morgan fingerprint density at radius 1 is 1.11 bits per heavy atom. The Morgan fingerprint density at radius 2 is 1.83 bits per heavy atom. The van der Waals surface area contributed by atoms with Crippen LogP contribution in [0.4, 0.5) is 0 Å². The summed E-state index contributed by atoms with van der Waals surface area (Å²) in [7, 11) is 0. The maximum Gasteiger partial charge on any atom is 0.138 e. The van der Waals surface area contributed by atoms with Gasteiger partial charge < -0.3 is 10.3 Å². The molecule has 0 aromatic heterocycles. The van der Waals surface area contributed by atoms with E-state index >= 15 is 0 Å². The molecule has 0 aliphatic rings.